The summed E-state index contributed by atoms with van der Waals surface area (Å²) in [5.41, 5.74) is 4.49. The van der Waals surface area contributed by atoms with Crippen LogP contribution in [0.2, 0.25) is 0 Å². The van der Waals surface area contributed by atoms with Gasteiger partial charge in [-0.15, -0.1) is 0 Å². The molecule has 0 bridgehead atoms. The number of rotatable bonds is 7. The summed E-state index contributed by atoms with van der Waals surface area (Å²) in [6.45, 7) is 0.672. The van der Waals surface area contributed by atoms with Gasteiger partial charge < -0.3 is 15.1 Å². The Hall–Kier alpha value is -2.57. The van der Waals surface area contributed by atoms with Gasteiger partial charge in [-0.2, -0.15) is 5.10 Å². The fourth-order valence-corrected chi connectivity index (χ4v) is 6.14. The largest absolute Gasteiger partial charge is 0.353 e. The Balaban J connectivity index is 1.24. The molecule has 2 heterocycles. The first kappa shape index (κ1) is 22.2. The van der Waals surface area contributed by atoms with Gasteiger partial charge in [0.1, 0.15) is 5.84 Å². The SMILES string of the molecule is O=C(CCC1=NNC2N(CCc3ccccc3)C(=O)C3CCCCC3N12)NC1CCCCC1. The number of nitrogens with one attached hydrogen (secondary N) is 2. The lowest BCUT2D eigenvalue weighted by Gasteiger charge is -2.50. The van der Waals surface area contributed by atoms with Crippen LogP contribution in [0.3, 0.4) is 0 Å². The third kappa shape index (κ3) is 4.87. The van der Waals surface area contributed by atoms with Gasteiger partial charge in [0.05, 0.1) is 5.92 Å². The molecule has 2 aliphatic carbocycles. The number of benzene rings is 1. The van der Waals surface area contributed by atoms with Crippen molar-refractivity contribution in [2.24, 2.45) is 11.0 Å². The van der Waals surface area contributed by atoms with Gasteiger partial charge in [-0.05, 0) is 37.7 Å². The van der Waals surface area contributed by atoms with Crippen LogP contribution in [-0.2, 0) is 16.0 Å². The second-order valence-electron chi connectivity index (χ2n) is 10.1. The number of amides is 2. The summed E-state index contributed by atoms with van der Waals surface area (Å²) in [6.07, 6.45) is 11.8. The van der Waals surface area contributed by atoms with Crippen molar-refractivity contribution < 1.29 is 9.59 Å². The molecule has 3 unspecified atom stereocenters. The number of hydrogen-bond acceptors (Lipinski definition) is 5. The van der Waals surface area contributed by atoms with Crippen molar-refractivity contribution in [1.82, 2.24) is 20.5 Å². The predicted molar refractivity (Wildman–Crippen MR) is 128 cm³/mol. The summed E-state index contributed by atoms with van der Waals surface area (Å²) >= 11 is 0. The fraction of sp³-hybridized carbons (Fsp3) is 0.654. The van der Waals surface area contributed by atoms with E-state index in [1.54, 1.807) is 0 Å². The normalized spacial score (nSPS) is 27.5. The molecule has 2 saturated carbocycles. The van der Waals surface area contributed by atoms with E-state index >= 15 is 0 Å². The van der Waals surface area contributed by atoms with Crippen molar-refractivity contribution >= 4 is 17.6 Å². The van der Waals surface area contributed by atoms with E-state index < -0.39 is 0 Å². The van der Waals surface area contributed by atoms with Crippen LogP contribution in [0.1, 0.15) is 76.2 Å². The predicted octanol–water partition coefficient (Wildman–Crippen LogP) is 3.36. The van der Waals surface area contributed by atoms with Crippen LogP contribution in [0.5, 0.6) is 0 Å². The first-order valence-corrected chi connectivity index (χ1v) is 12.9. The Bertz CT molecular complexity index is 867. The Morgan fingerprint density at radius 1 is 1.00 bits per heavy atom. The number of hydrazone groups is 1. The molecule has 2 aliphatic heterocycles. The van der Waals surface area contributed by atoms with Gasteiger partial charge in [-0.25, -0.2) is 0 Å². The summed E-state index contributed by atoms with van der Waals surface area (Å²) in [6, 6.07) is 10.9. The Morgan fingerprint density at radius 3 is 2.58 bits per heavy atom. The molecule has 7 nitrogen and oxygen atoms in total. The summed E-state index contributed by atoms with van der Waals surface area (Å²) in [4.78, 5) is 30.4. The maximum atomic E-state index is 13.5. The summed E-state index contributed by atoms with van der Waals surface area (Å²) in [5, 5.41) is 7.88. The molecular weight excluding hydrogens is 414 g/mol. The number of carbonyl (C=O) groups is 2. The lowest BCUT2D eigenvalue weighted by molar-refractivity contribution is -0.155. The van der Waals surface area contributed by atoms with E-state index in [1.165, 1.54) is 24.8 Å². The molecule has 5 rings (SSSR count). The topological polar surface area (TPSA) is 77.0 Å². The van der Waals surface area contributed by atoms with Gasteiger partial charge in [0, 0.05) is 31.5 Å². The van der Waals surface area contributed by atoms with Crippen molar-refractivity contribution in [2.45, 2.75) is 95.4 Å². The van der Waals surface area contributed by atoms with Crippen LogP contribution >= 0.6 is 0 Å². The molecule has 178 valence electrons. The van der Waals surface area contributed by atoms with E-state index in [0.29, 0.717) is 25.4 Å². The number of nitrogens with zero attached hydrogens (tertiary/aromatic N) is 3. The van der Waals surface area contributed by atoms with Crippen LogP contribution in [0, 0.1) is 5.92 Å². The molecule has 1 aromatic carbocycles. The monoisotopic (exact) mass is 451 g/mol. The Morgan fingerprint density at radius 2 is 1.76 bits per heavy atom. The molecule has 3 fully saturated rings. The van der Waals surface area contributed by atoms with Crippen molar-refractivity contribution in [1.29, 1.82) is 0 Å². The highest BCUT2D eigenvalue weighted by Crippen LogP contribution is 2.37. The van der Waals surface area contributed by atoms with E-state index in [9.17, 15) is 9.59 Å². The molecule has 3 atom stereocenters. The minimum absolute atomic E-state index is 0.0342. The highest BCUT2D eigenvalue weighted by molar-refractivity contribution is 5.91. The lowest BCUT2D eigenvalue weighted by Crippen LogP contribution is -2.67. The van der Waals surface area contributed by atoms with Gasteiger partial charge in [0.2, 0.25) is 11.8 Å². The average Bonchev–Trinajstić information content (AvgIpc) is 3.28. The molecule has 4 aliphatic rings. The average molecular weight is 452 g/mol. The molecular formula is C26H37N5O2. The van der Waals surface area contributed by atoms with Gasteiger partial charge in [-0.1, -0.05) is 62.4 Å². The van der Waals surface area contributed by atoms with E-state index in [1.807, 2.05) is 23.1 Å². The van der Waals surface area contributed by atoms with Gasteiger partial charge >= 0.3 is 0 Å². The number of hydrogen-bond donors (Lipinski definition) is 2. The first-order chi connectivity index (χ1) is 16.2. The van der Waals surface area contributed by atoms with Crippen molar-refractivity contribution in [3.8, 4) is 0 Å². The zero-order chi connectivity index (χ0) is 22.6. The quantitative estimate of drug-likeness (QED) is 0.667. The lowest BCUT2D eigenvalue weighted by atomic mass is 9.80. The van der Waals surface area contributed by atoms with Crippen molar-refractivity contribution in [3.63, 3.8) is 0 Å². The van der Waals surface area contributed by atoms with Gasteiger partial charge in [-0.3, -0.25) is 15.0 Å². The molecule has 33 heavy (non-hydrogen) atoms. The second kappa shape index (κ2) is 10.1. The van der Waals surface area contributed by atoms with Crippen molar-refractivity contribution in [2.75, 3.05) is 6.54 Å². The maximum absolute atomic E-state index is 13.5. The third-order valence-electron chi connectivity index (χ3n) is 7.88. The van der Waals surface area contributed by atoms with Crippen LogP contribution in [0.15, 0.2) is 35.4 Å². The second-order valence-corrected chi connectivity index (χ2v) is 10.1. The molecule has 0 radical (unpaired) electrons. The molecule has 0 aromatic heterocycles. The van der Waals surface area contributed by atoms with Crippen LogP contribution in [-0.4, -0.2) is 52.4 Å². The van der Waals surface area contributed by atoms with Crippen LogP contribution in [0.25, 0.3) is 0 Å². The summed E-state index contributed by atoms with van der Waals surface area (Å²) < 4.78 is 0. The minimum atomic E-state index is -0.225. The smallest absolute Gasteiger partial charge is 0.230 e. The zero-order valence-electron chi connectivity index (χ0n) is 19.5. The summed E-state index contributed by atoms with van der Waals surface area (Å²) in [7, 11) is 0. The maximum Gasteiger partial charge on any atom is 0.230 e. The standard InChI is InChI=1S/C26H37N5O2/c32-24(27-20-11-5-2-6-12-20)16-15-23-28-29-26-30(18-17-19-9-3-1-4-10-19)25(33)21-13-7-8-14-22(21)31(23)26/h1,3-4,9-10,20-22,26,29H,2,5-8,11-18H2,(H,27,32). The highest BCUT2D eigenvalue weighted by atomic mass is 16.2. The fourth-order valence-electron chi connectivity index (χ4n) is 6.14. The molecule has 0 spiro atoms. The Kier molecular flexibility index (Phi) is 6.83. The van der Waals surface area contributed by atoms with Crippen LogP contribution < -0.4 is 10.7 Å². The molecule has 1 aromatic rings. The first-order valence-electron chi connectivity index (χ1n) is 12.9. The van der Waals surface area contributed by atoms with E-state index in [-0.39, 0.29) is 30.1 Å². The zero-order valence-corrected chi connectivity index (χ0v) is 19.5. The summed E-state index contributed by atoms with van der Waals surface area (Å²) in [5.74, 6) is 1.36. The Labute approximate surface area is 197 Å². The third-order valence-corrected chi connectivity index (χ3v) is 7.88. The molecule has 1 saturated heterocycles. The highest BCUT2D eigenvalue weighted by Gasteiger charge is 2.50. The number of carbonyl (C=O) groups excluding carboxylic acids is 2. The molecule has 2 amide bonds. The van der Waals surface area contributed by atoms with E-state index in [0.717, 1.165) is 50.8 Å². The van der Waals surface area contributed by atoms with E-state index in [2.05, 4.69) is 32.9 Å². The number of amidine groups is 1. The minimum Gasteiger partial charge on any atom is -0.353 e. The molecule has 2 N–H and O–H groups in total. The molecule has 7 heteroatoms. The van der Waals surface area contributed by atoms with Crippen LogP contribution in [0.4, 0.5) is 0 Å². The van der Waals surface area contributed by atoms with Crippen molar-refractivity contribution in [3.05, 3.63) is 35.9 Å². The van der Waals surface area contributed by atoms with E-state index in [4.69, 9.17) is 0 Å². The number of fused-ring (bicyclic) bond motifs is 3. The van der Waals surface area contributed by atoms with Gasteiger partial charge in [0.15, 0.2) is 6.29 Å². The van der Waals surface area contributed by atoms with Gasteiger partial charge in [0.25, 0.3) is 0 Å².